The van der Waals surface area contributed by atoms with E-state index in [1.54, 1.807) is 0 Å². The topological polar surface area (TPSA) is 51.8 Å². The molecule has 258 valence electrons. The van der Waals surface area contributed by atoms with E-state index in [0.717, 1.165) is 60.7 Å². The molecule has 2 atom stereocenters. The maximum Gasteiger partial charge on any atom is 0.167 e. The smallest absolute Gasteiger partial charge is 0.167 e. The van der Waals surface area contributed by atoms with Crippen LogP contribution < -0.4 is 0 Å². The summed E-state index contributed by atoms with van der Waals surface area (Å²) in [6.45, 7) is 0. The van der Waals surface area contributed by atoms with Gasteiger partial charge in [-0.2, -0.15) is 0 Å². The van der Waals surface area contributed by atoms with Gasteiger partial charge < -0.3 is 4.42 Å². The molecule has 2 aliphatic rings. The first-order chi connectivity index (χ1) is 27.2. The van der Waals surface area contributed by atoms with Crippen molar-refractivity contribution in [3.05, 3.63) is 193 Å². The van der Waals surface area contributed by atoms with Gasteiger partial charge in [0, 0.05) is 33.9 Å². The van der Waals surface area contributed by atoms with Crippen molar-refractivity contribution in [1.29, 1.82) is 0 Å². The van der Waals surface area contributed by atoms with Gasteiger partial charge in [0.1, 0.15) is 11.3 Å². The Kier molecular flexibility index (Phi) is 7.27. The fraction of sp³-hybridized carbons (Fsp3) is 0.0392. The Labute approximate surface area is 318 Å². The van der Waals surface area contributed by atoms with Gasteiger partial charge in [0.25, 0.3) is 0 Å². The minimum Gasteiger partial charge on any atom is -0.456 e. The molecule has 0 amide bonds. The van der Waals surface area contributed by atoms with E-state index in [1.165, 1.54) is 22.1 Å². The molecule has 0 saturated heterocycles. The zero-order valence-electron chi connectivity index (χ0n) is 29.8. The van der Waals surface area contributed by atoms with E-state index in [1.807, 2.05) is 6.07 Å². The summed E-state index contributed by atoms with van der Waals surface area (Å²) in [4.78, 5) is 15.7. The molecule has 0 spiro atoms. The predicted octanol–water partition coefficient (Wildman–Crippen LogP) is 13.1. The van der Waals surface area contributed by atoms with Crippen LogP contribution in [0, 0.1) is 5.92 Å². The van der Waals surface area contributed by atoms with Gasteiger partial charge >= 0.3 is 0 Å². The van der Waals surface area contributed by atoms with E-state index in [2.05, 4.69) is 182 Å². The zero-order valence-corrected chi connectivity index (χ0v) is 29.8. The Balaban J connectivity index is 1.14. The van der Waals surface area contributed by atoms with Gasteiger partial charge in [-0.25, -0.2) is 15.0 Å². The molecule has 11 rings (SSSR count). The highest BCUT2D eigenvalue weighted by atomic mass is 16.3. The number of nitrogens with zero attached hydrogens (tertiary/aromatic N) is 3. The Bertz CT molecular complexity index is 3050. The Hall–Kier alpha value is -7.17. The number of aromatic nitrogens is 3. The molecule has 55 heavy (non-hydrogen) atoms. The molecular weight excluding hydrogens is 671 g/mol. The maximum atomic E-state index is 6.82. The highest BCUT2D eigenvalue weighted by Crippen LogP contribution is 2.47. The van der Waals surface area contributed by atoms with E-state index >= 15 is 0 Å². The number of rotatable bonds is 5. The third kappa shape index (κ3) is 5.50. The Morgan fingerprint density at radius 2 is 0.982 bits per heavy atom. The molecule has 7 aromatic carbocycles. The summed E-state index contributed by atoms with van der Waals surface area (Å²) < 4.78 is 6.82. The van der Waals surface area contributed by atoms with Gasteiger partial charge in [-0.3, -0.25) is 0 Å². The molecule has 9 aromatic rings. The van der Waals surface area contributed by atoms with Crippen LogP contribution in [0.25, 0.3) is 95.0 Å². The summed E-state index contributed by atoms with van der Waals surface area (Å²) in [6, 6.07) is 53.3. The minimum absolute atomic E-state index is 0.187. The molecule has 0 saturated carbocycles. The molecule has 4 nitrogen and oxygen atoms in total. The minimum atomic E-state index is 0.187. The van der Waals surface area contributed by atoms with Gasteiger partial charge in [0.15, 0.2) is 17.5 Å². The van der Waals surface area contributed by atoms with Crippen LogP contribution in [0.4, 0.5) is 0 Å². The number of fused-ring (bicyclic) bond motifs is 7. The lowest BCUT2D eigenvalue weighted by Gasteiger charge is -2.24. The highest BCUT2D eigenvalue weighted by molar-refractivity contribution is 6.00. The van der Waals surface area contributed by atoms with Crippen molar-refractivity contribution in [3.8, 4) is 56.4 Å². The fourth-order valence-corrected chi connectivity index (χ4v) is 8.24. The van der Waals surface area contributed by atoms with Gasteiger partial charge in [0.05, 0.1) is 5.56 Å². The summed E-state index contributed by atoms with van der Waals surface area (Å²) in [6.07, 6.45) is 13.2. The number of benzene rings is 7. The molecule has 0 radical (unpaired) electrons. The average Bonchev–Trinajstić information content (AvgIpc) is 3.65. The van der Waals surface area contributed by atoms with Crippen molar-refractivity contribution >= 4 is 38.6 Å². The number of hydrogen-bond acceptors (Lipinski definition) is 4. The summed E-state index contributed by atoms with van der Waals surface area (Å²) >= 11 is 0. The zero-order chi connectivity index (χ0) is 36.3. The largest absolute Gasteiger partial charge is 0.456 e. The van der Waals surface area contributed by atoms with E-state index in [4.69, 9.17) is 19.4 Å². The van der Waals surface area contributed by atoms with Crippen molar-refractivity contribution in [3.63, 3.8) is 0 Å². The lowest BCUT2D eigenvalue weighted by molar-refractivity contribution is 0.578. The molecule has 2 unspecified atom stereocenters. The van der Waals surface area contributed by atoms with Crippen molar-refractivity contribution in [2.75, 3.05) is 0 Å². The summed E-state index contributed by atoms with van der Waals surface area (Å²) in [5.41, 5.74) is 9.26. The van der Waals surface area contributed by atoms with Crippen LogP contribution in [0.5, 0.6) is 0 Å². The van der Waals surface area contributed by atoms with Crippen molar-refractivity contribution < 1.29 is 4.42 Å². The summed E-state index contributed by atoms with van der Waals surface area (Å²) in [5.74, 6) is 3.14. The second kappa shape index (κ2) is 12.8. The molecule has 4 heteroatoms. The first-order valence-electron chi connectivity index (χ1n) is 18.8. The highest BCUT2D eigenvalue weighted by Gasteiger charge is 2.31. The van der Waals surface area contributed by atoms with Crippen LogP contribution in [0.15, 0.2) is 186 Å². The van der Waals surface area contributed by atoms with E-state index in [-0.39, 0.29) is 11.8 Å². The fourth-order valence-electron chi connectivity index (χ4n) is 8.24. The summed E-state index contributed by atoms with van der Waals surface area (Å²) in [7, 11) is 0. The molecule has 0 N–H and O–H groups in total. The van der Waals surface area contributed by atoms with E-state index < -0.39 is 0 Å². The van der Waals surface area contributed by atoms with Crippen molar-refractivity contribution in [1.82, 2.24) is 15.0 Å². The standard InChI is InChI=1S/C51H33N3O/c1-3-11-32(12-4-1)37-20-21-39-29-41(24-22-38(39)27-37)50-52-49(40-23-19-34-15-7-8-17-36(34)28-40)53-51(54-50)45-31-42(33-13-5-2-6-14-33)30-44-47-43-18-10-9-16-35(43)25-26-46(47)55-48(44)45/h1-31,35,43H. The number of furan rings is 1. The molecule has 2 heterocycles. The van der Waals surface area contributed by atoms with Crippen LogP contribution in [-0.2, 0) is 0 Å². The predicted molar refractivity (Wildman–Crippen MR) is 225 cm³/mol. The van der Waals surface area contributed by atoms with Gasteiger partial charge in [-0.1, -0.05) is 152 Å². The van der Waals surface area contributed by atoms with Crippen LogP contribution in [-0.4, -0.2) is 15.0 Å². The lowest BCUT2D eigenvalue weighted by atomic mass is 9.78. The third-order valence-electron chi connectivity index (χ3n) is 11.0. The van der Waals surface area contributed by atoms with Gasteiger partial charge in [-0.05, 0) is 80.2 Å². The van der Waals surface area contributed by atoms with E-state index in [9.17, 15) is 0 Å². The quantitative estimate of drug-likeness (QED) is 0.179. The van der Waals surface area contributed by atoms with Crippen LogP contribution in [0.3, 0.4) is 0 Å². The molecule has 0 fully saturated rings. The first-order valence-corrected chi connectivity index (χ1v) is 18.8. The monoisotopic (exact) mass is 703 g/mol. The van der Waals surface area contributed by atoms with Crippen molar-refractivity contribution in [2.24, 2.45) is 5.92 Å². The number of allylic oxidation sites excluding steroid dienone is 5. The lowest BCUT2D eigenvalue weighted by Crippen LogP contribution is -2.12. The second-order valence-electron chi connectivity index (χ2n) is 14.4. The summed E-state index contributed by atoms with van der Waals surface area (Å²) in [5, 5.41) is 5.66. The van der Waals surface area contributed by atoms with Crippen LogP contribution in [0.2, 0.25) is 0 Å². The second-order valence-corrected chi connectivity index (χ2v) is 14.4. The molecule has 0 bridgehead atoms. The Morgan fingerprint density at radius 3 is 1.71 bits per heavy atom. The van der Waals surface area contributed by atoms with Crippen LogP contribution >= 0.6 is 0 Å². The van der Waals surface area contributed by atoms with Crippen LogP contribution in [0.1, 0.15) is 17.2 Å². The SMILES string of the molecule is C1=CC2C=Cc3oc4c(-c5nc(-c6ccc7ccccc7c6)nc(-c6ccc7cc(-c8ccccc8)ccc7c6)n5)cc(-c5ccccc5)cc4c3C2C=C1. The normalized spacial score (nSPS) is 15.8. The van der Waals surface area contributed by atoms with E-state index in [0.29, 0.717) is 17.5 Å². The molecule has 2 aromatic heterocycles. The first kappa shape index (κ1) is 31.4. The number of hydrogen-bond donors (Lipinski definition) is 0. The van der Waals surface area contributed by atoms with Crippen molar-refractivity contribution in [2.45, 2.75) is 5.92 Å². The average molecular weight is 704 g/mol. The maximum absolute atomic E-state index is 6.82. The van der Waals surface area contributed by atoms with Gasteiger partial charge in [-0.15, -0.1) is 0 Å². The molecular formula is C51H33N3O. The third-order valence-corrected chi connectivity index (χ3v) is 11.0. The molecule has 2 aliphatic carbocycles. The molecule has 0 aliphatic heterocycles. The Morgan fingerprint density at radius 1 is 0.418 bits per heavy atom. The van der Waals surface area contributed by atoms with Gasteiger partial charge in [0.2, 0.25) is 0 Å².